The van der Waals surface area contributed by atoms with E-state index in [1.165, 1.54) is 0 Å². The maximum absolute atomic E-state index is 12.0. The number of rotatable bonds is 7. The molecule has 0 saturated carbocycles. The van der Waals surface area contributed by atoms with Crippen molar-refractivity contribution in [2.24, 2.45) is 17.4 Å². The number of amides is 2. The Morgan fingerprint density at radius 2 is 1.69 bits per heavy atom. The highest BCUT2D eigenvalue weighted by Crippen LogP contribution is 2.26. The van der Waals surface area contributed by atoms with Crippen molar-refractivity contribution in [3.05, 3.63) is 54.1 Å². The van der Waals surface area contributed by atoms with Gasteiger partial charge in [0.25, 0.3) is 5.91 Å². The van der Waals surface area contributed by atoms with Gasteiger partial charge in [0.1, 0.15) is 11.5 Å². The van der Waals surface area contributed by atoms with E-state index in [0.717, 1.165) is 0 Å². The molecule has 2 aromatic carbocycles. The zero-order valence-electron chi connectivity index (χ0n) is 14.8. The number of anilines is 1. The Morgan fingerprint density at radius 3 is 2.27 bits per heavy atom. The van der Waals surface area contributed by atoms with E-state index in [1.54, 1.807) is 48.5 Å². The number of nitrogens with two attached hydrogens (primary N) is 2. The zero-order valence-corrected chi connectivity index (χ0v) is 15.6. The number of hydrogen-bond donors (Lipinski definition) is 3. The first-order valence-corrected chi connectivity index (χ1v) is 8.10. The number of nitrogens with one attached hydrogen (secondary N) is 1. The first-order chi connectivity index (χ1) is 11.9. The van der Waals surface area contributed by atoms with Gasteiger partial charge in [0.15, 0.2) is 0 Å². The quantitative estimate of drug-likeness (QED) is 0.687. The summed E-state index contributed by atoms with van der Waals surface area (Å²) in [6.45, 7) is 4.03. The van der Waals surface area contributed by atoms with Crippen LogP contribution in [0.5, 0.6) is 11.5 Å². The molecule has 1 atom stereocenters. The van der Waals surface area contributed by atoms with Gasteiger partial charge in [-0.05, 0) is 48.7 Å². The summed E-state index contributed by atoms with van der Waals surface area (Å²) in [5, 5.41) is 2.77. The smallest absolute Gasteiger partial charge is 0.252 e. The molecule has 26 heavy (non-hydrogen) atoms. The lowest BCUT2D eigenvalue weighted by molar-refractivity contribution is -0.117. The molecular formula is C19H24ClN3O3. The fourth-order valence-electron chi connectivity index (χ4n) is 2.34. The molecule has 0 aromatic heterocycles. The summed E-state index contributed by atoms with van der Waals surface area (Å²) in [4.78, 5) is 23.4. The van der Waals surface area contributed by atoms with Gasteiger partial charge in [-0.1, -0.05) is 26.0 Å². The van der Waals surface area contributed by atoms with E-state index in [1.807, 2.05) is 13.8 Å². The fourth-order valence-corrected chi connectivity index (χ4v) is 2.34. The number of primary amides is 1. The van der Waals surface area contributed by atoms with Crippen LogP contribution in [0.25, 0.3) is 0 Å². The molecule has 0 spiro atoms. The highest BCUT2D eigenvalue weighted by molar-refractivity contribution is 5.96. The van der Waals surface area contributed by atoms with Gasteiger partial charge in [0.05, 0.1) is 11.6 Å². The molecule has 2 rings (SSSR count). The van der Waals surface area contributed by atoms with Crippen molar-refractivity contribution >= 4 is 29.9 Å². The molecule has 140 valence electrons. The van der Waals surface area contributed by atoms with Crippen molar-refractivity contribution in [2.45, 2.75) is 26.3 Å². The third-order valence-electron chi connectivity index (χ3n) is 3.56. The Labute approximate surface area is 159 Å². The van der Waals surface area contributed by atoms with Crippen LogP contribution in [0.4, 0.5) is 5.69 Å². The van der Waals surface area contributed by atoms with Crippen LogP contribution in [0.3, 0.4) is 0 Å². The van der Waals surface area contributed by atoms with Crippen LogP contribution < -0.4 is 21.5 Å². The van der Waals surface area contributed by atoms with Crippen LogP contribution in [0, 0.1) is 5.92 Å². The third-order valence-corrected chi connectivity index (χ3v) is 3.56. The second-order valence-electron chi connectivity index (χ2n) is 6.21. The van der Waals surface area contributed by atoms with Crippen LogP contribution in [0.1, 0.15) is 30.6 Å². The average molecular weight is 378 g/mol. The van der Waals surface area contributed by atoms with Gasteiger partial charge in [-0.15, -0.1) is 12.4 Å². The first kappa shape index (κ1) is 21.5. The Balaban J connectivity index is 0.00000338. The summed E-state index contributed by atoms with van der Waals surface area (Å²) in [7, 11) is 0. The van der Waals surface area contributed by atoms with E-state index in [0.29, 0.717) is 35.1 Å². The van der Waals surface area contributed by atoms with Crippen molar-refractivity contribution in [3.8, 4) is 11.5 Å². The van der Waals surface area contributed by atoms with Crippen LogP contribution in [-0.2, 0) is 4.79 Å². The van der Waals surface area contributed by atoms with E-state index < -0.39 is 11.9 Å². The summed E-state index contributed by atoms with van der Waals surface area (Å²) in [6, 6.07) is 13.0. The topological polar surface area (TPSA) is 107 Å². The second kappa shape index (κ2) is 9.79. The fraction of sp³-hybridized carbons (Fsp3) is 0.263. The lowest BCUT2D eigenvalue weighted by atomic mass is 10.0. The molecule has 0 bridgehead atoms. The van der Waals surface area contributed by atoms with Crippen molar-refractivity contribution in [1.82, 2.24) is 0 Å². The number of ether oxygens (including phenoxy) is 1. The summed E-state index contributed by atoms with van der Waals surface area (Å²) >= 11 is 0. The summed E-state index contributed by atoms with van der Waals surface area (Å²) in [5.74, 6) is 0.478. The van der Waals surface area contributed by atoms with Gasteiger partial charge in [0, 0.05) is 5.69 Å². The molecule has 6 nitrogen and oxygen atoms in total. The second-order valence-corrected chi connectivity index (χ2v) is 6.21. The zero-order chi connectivity index (χ0) is 18.4. The lowest BCUT2D eigenvalue weighted by Gasteiger charge is -2.14. The predicted molar refractivity (Wildman–Crippen MR) is 105 cm³/mol. The van der Waals surface area contributed by atoms with E-state index in [9.17, 15) is 9.59 Å². The van der Waals surface area contributed by atoms with Crippen molar-refractivity contribution in [1.29, 1.82) is 0 Å². The molecule has 0 aliphatic heterocycles. The summed E-state index contributed by atoms with van der Waals surface area (Å²) in [6.07, 6.45) is 0.622. The Hall–Kier alpha value is -2.57. The SMILES string of the molecule is CC(C)C[C@H](N)C(=O)Nc1ccc(Oc2ccccc2C(N)=O)cc1.Cl. The standard InChI is InChI=1S/C19H23N3O3.ClH/c1-12(2)11-16(20)19(24)22-13-7-9-14(10-8-13)25-17-6-4-3-5-15(17)18(21)23;/h3-10,12,16H,11,20H2,1-2H3,(H2,21,23)(H,22,24);1H/t16-;/m0./s1. The predicted octanol–water partition coefficient (Wildman–Crippen LogP) is 3.31. The van der Waals surface area contributed by atoms with Gasteiger partial charge >= 0.3 is 0 Å². The lowest BCUT2D eigenvalue weighted by Crippen LogP contribution is -2.36. The molecule has 0 fully saturated rings. The van der Waals surface area contributed by atoms with E-state index in [-0.39, 0.29) is 18.3 Å². The summed E-state index contributed by atoms with van der Waals surface area (Å²) in [5.41, 5.74) is 12.1. The molecule has 0 aliphatic carbocycles. The van der Waals surface area contributed by atoms with Crippen molar-refractivity contribution < 1.29 is 14.3 Å². The molecule has 0 radical (unpaired) electrons. The van der Waals surface area contributed by atoms with Crippen LogP contribution in [0.15, 0.2) is 48.5 Å². The Morgan fingerprint density at radius 1 is 1.08 bits per heavy atom. The molecular weight excluding hydrogens is 354 g/mol. The van der Waals surface area contributed by atoms with E-state index >= 15 is 0 Å². The largest absolute Gasteiger partial charge is 0.457 e. The number of carbonyl (C=O) groups is 2. The molecule has 0 aliphatic rings. The van der Waals surface area contributed by atoms with E-state index in [2.05, 4.69) is 5.32 Å². The van der Waals surface area contributed by atoms with Crippen molar-refractivity contribution in [3.63, 3.8) is 0 Å². The number of halogens is 1. The molecule has 2 amide bonds. The Kier molecular flexibility index (Phi) is 8.09. The molecule has 5 N–H and O–H groups in total. The normalized spacial score (nSPS) is 11.4. The minimum absolute atomic E-state index is 0. The van der Waals surface area contributed by atoms with Crippen LogP contribution in [-0.4, -0.2) is 17.9 Å². The number of carbonyl (C=O) groups excluding carboxylic acids is 2. The highest BCUT2D eigenvalue weighted by atomic mass is 35.5. The van der Waals surface area contributed by atoms with Gasteiger partial charge < -0.3 is 21.5 Å². The monoisotopic (exact) mass is 377 g/mol. The number of benzene rings is 2. The van der Waals surface area contributed by atoms with Gasteiger partial charge in [-0.25, -0.2) is 0 Å². The first-order valence-electron chi connectivity index (χ1n) is 8.10. The molecule has 0 heterocycles. The minimum atomic E-state index is -0.557. The highest BCUT2D eigenvalue weighted by Gasteiger charge is 2.15. The van der Waals surface area contributed by atoms with Crippen LogP contribution in [0.2, 0.25) is 0 Å². The van der Waals surface area contributed by atoms with Gasteiger partial charge in [0.2, 0.25) is 5.91 Å². The van der Waals surface area contributed by atoms with E-state index in [4.69, 9.17) is 16.2 Å². The average Bonchev–Trinajstić information content (AvgIpc) is 2.56. The Bertz CT molecular complexity index is 748. The molecule has 7 heteroatoms. The van der Waals surface area contributed by atoms with Crippen LogP contribution >= 0.6 is 12.4 Å². The maximum Gasteiger partial charge on any atom is 0.252 e. The molecule has 2 aromatic rings. The number of hydrogen-bond acceptors (Lipinski definition) is 4. The summed E-state index contributed by atoms with van der Waals surface area (Å²) < 4.78 is 5.69. The van der Waals surface area contributed by atoms with Gasteiger partial charge in [-0.3, -0.25) is 9.59 Å². The minimum Gasteiger partial charge on any atom is -0.457 e. The number of para-hydroxylation sites is 1. The third kappa shape index (κ3) is 6.06. The molecule has 0 unspecified atom stereocenters. The van der Waals surface area contributed by atoms with Gasteiger partial charge in [-0.2, -0.15) is 0 Å². The molecule has 0 saturated heterocycles. The van der Waals surface area contributed by atoms with Crippen molar-refractivity contribution in [2.75, 3.05) is 5.32 Å². The maximum atomic E-state index is 12.0.